The smallest absolute Gasteiger partial charge is 0.281 e. The molecule has 184 valence electrons. The van der Waals surface area contributed by atoms with Crippen molar-refractivity contribution in [2.45, 2.75) is 19.8 Å². The van der Waals surface area contributed by atoms with E-state index in [0.717, 1.165) is 6.92 Å². The van der Waals surface area contributed by atoms with Gasteiger partial charge in [-0.2, -0.15) is 0 Å². The van der Waals surface area contributed by atoms with Crippen molar-refractivity contribution in [1.82, 2.24) is 14.9 Å². The summed E-state index contributed by atoms with van der Waals surface area (Å²) in [6.07, 6.45) is 1.40. The number of benzene rings is 2. The lowest BCUT2D eigenvalue weighted by Crippen LogP contribution is -2.48. The van der Waals surface area contributed by atoms with Crippen molar-refractivity contribution in [3.05, 3.63) is 53.9 Å². The van der Waals surface area contributed by atoms with E-state index in [1.807, 2.05) is 4.90 Å². The zero-order valence-electron chi connectivity index (χ0n) is 19.3. The molecule has 1 fully saturated rings. The van der Waals surface area contributed by atoms with E-state index in [9.17, 15) is 17.6 Å². The molecule has 2 heterocycles. The lowest BCUT2D eigenvalue weighted by Gasteiger charge is -2.35. The zero-order chi connectivity index (χ0) is 25.2. The molecule has 0 amide bonds. The van der Waals surface area contributed by atoms with E-state index in [2.05, 4.69) is 26.8 Å². The van der Waals surface area contributed by atoms with Crippen LogP contribution in [0.2, 0.25) is 0 Å². The first kappa shape index (κ1) is 24.4. The van der Waals surface area contributed by atoms with E-state index in [0.29, 0.717) is 59.6 Å². The molecule has 3 aromatic rings. The fraction of sp³-hybridized carbons (Fsp3) is 0.333. The summed E-state index contributed by atoms with van der Waals surface area (Å²) in [6.45, 7) is 6.76. The van der Waals surface area contributed by atoms with Crippen molar-refractivity contribution >= 4 is 29.4 Å². The van der Waals surface area contributed by atoms with Gasteiger partial charge < -0.3 is 14.6 Å². The van der Waals surface area contributed by atoms with Crippen LogP contribution < -0.4 is 4.90 Å². The van der Waals surface area contributed by atoms with Crippen molar-refractivity contribution < 1.29 is 22.4 Å². The van der Waals surface area contributed by atoms with Gasteiger partial charge in [0.2, 0.25) is 0 Å². The Hall–Kier alpha value is -3.76. The van der Waals surface area contributed by atoms with Gasteiger partial charge in [-0.3, -0.25) is 0 Å². The Bertz CT molecular complexity index is 1270. The van der Waals surface area contributed by atoms with Gasteiger partial charge in [-0.1, -0.05) is 12.1 Å². The topological polar surface area (TPSA) is 66.2 Å². The third kappa shape index (κ3) is 5.50. The molecule has 1 saturated heterocycles. The van der Waals surface area contributed by atoms with E-state index in [4.69, 9.17) is 4.84 Å². The third-order valence-corrected chi connectivity index (χ3v) is 5.63. The number of oxime groups is 1. The predicted molar refractivity (Wildman–Crippen MR) is 127 cm³/mol. The van der Waals surface area contributed by atoms with Crippen LogP contribution in [0.15, 0.2) is 46.8 Å². The lowest BCUT2D eigenvalue weighted by molar-refractivity contribution is -0.0621. The molecule has 1 aliphatic rings. The molecular formula is C24H24F4N6O. The number of aromatic nitrogens is 2. The van der Waals surface area contributed by atoms with Gasteiger partial charge in [0.1, 0.15) is 23.8 Å². The van der Waals surface area contributed by atoms with Gasteiger partial charge in [0, 0.05) is 44.1 Å². The summed E-state index contributed by atoms with van der Waals surface area (Å²) < 4.78 is 54.8. The molecule has 0 saturated carbocycles. The van der Waals surface area contributed by atoms with E-state index < -0.39 is 18.3 Å². The highest BCUT2D eigenvalue weighted by Gasteiger charge is 2.25. The van der Waals surface area contributed by atoms with Gasteiger partial charge in [0.05, 0.1) is 5.52 Å². The molecule has 7 nitrogen and oxygen atoms in total. The average molecular weight is 488 g/mol. The molecule has 2 aromatic carbocycles. The summed E-state index contributed by atoms with van der Waals surface area (Å²) in [5.74, 6) is -3.24. The van der Waals surface area contributed by atoms with E-state index in [1.165, 1.54) is 24.5 Å². The fourth-order valence-electron chi connectivity index (χ4n) is 3.86. The number of rotatable bonds is 5. The van der Waals surface area contributed by atoms with Crippen molar-refractivity contribution in [3.8, 4) is 11.1 Å². The van der Waals surface area contributed by atoms with Crippen LogP contribution in [-0.2, 0) is 4.84 Å². The molecule has 35 heavy (non-hydrogen) atoms. The second kappa shape index (κ2) is 9.85. The molecule has 1 aromatic heterocycles. The third-order valence-electron chi connectivity index (χ3n) is 5.63. The molecule has 0 atom stereocenters. The number of anilines is 1. The summed E-state index contributed by atoms with van der Waals surface area (Å²) in [7, 11) is 0. The number of aliphatic imine (C=N–C) groups is 1. The van der Waals surface area contributed by atoms with Crippen molar-refractivity contribution in [3.63, 3.8) is 0 Å². The van der Waals surface area contributed by atoms with Gasteiger partial charge in [0.25, 0.3) is 11.9 Å². The van der Waals surface area contributed by atoms with Crippen LogP contribution in [0.1, 0.15) is 12.5 Å². The summed E-state index contributed by atoms with van der Waals surface area (Å²) in [4.78, 5) is 21.0. The molecule has 0 bridgehead atoms. The normalized spacial score (nSPS) is 15.0. The standard InChI is InChI=1S/C24H24F4N6O/c1-15-4-5-16(10-20(15)26)18-11-17(25)12-19-21(18)30-14-31-22(19)33-6-8-34(9-7-33)23(29-3)32-35-13-24(2,27)28/h4-5,10-12,14H,3,6-9,13H2,1-2H3/b32-23+. The highest BCUT2D eigenvalue weighted by atomic mass is 19.3. The van der Waals surface area contributed by atoms with E-state index in [-0.39, 0.29) is 11.8 Å². The van der Waals surface area contributed by atoms with Crippen LogP contribution in [0.5, 0.6) is 0 Å². The number of piperazine rings is 1. The number of halogens is 4. The number of hydrogen-bond donors (Lipinski definition) is 0. The van der Waals surface area contributed by atoms with Crippen LogP contribution in [0.4, 0.5) is 23.4 Å². The number of nitrogens with zero attached hydrogens (tertiary/aromatic N) is 6. The Morgan fingerprint density at radius 3 is 2.51 bits per heavy atom. The predicted octanol–water partition coefficient (Wildman–Crippen LogP) is 4.65. The number of aryl methyl sites for hydroxylation is 1. The summed E-state index contributed by atoms with van der Waals surface area (Å²) in [6, 6.07) is 7.43. The molecular weight excluding hydrogens is 464 g/mol. The molecule has 0 unspecified atom stereocenters. The van der Waals surface area contributed by atoms with Crippen LogP contribution in [-0.4, -0.2) is 66.3 Å². The van der Waals surface area contributed by atoms with Crippen LogP contribution >= 0.6 is 0 Å². The van der Waals surface area contributed by atoms with Gasteiger partial charge >= 0.3 is 0 Å². The van der Waals surface area contributed by atoms with Crippen LogP contribution in [0.25, 0.3) is 22.0 Å². The zero-order valence-corrected chi connectivity index (χ0v) is 19.3. The van der Waals surface area contributed by atoms with Crippen LogP contribution in [0, 0.1) is 18.6 Å². The number of hydrogen-bond acceptors (Lipinski definition) is 5. The Balaban J connectivity index is 1.59. The average Bonchev–Trinajstić information content (AvgIpc) is 2.82. The Morgan fingerprint density at radius 1 is 1.11 bits per heavy atom. The Kier molecular flexibility index (Phi) is 6.86. The highest BCUT2D eigenvalue weighted by Crippen LogP contribution is 2.33. The minimum atomic E-state index is -3.01. The number of guanidine groups is 1. The quantitative estimate of drug-likeness (QED) is 0.226. The van der Waals surface area contributed by atoms with Crippen molar-refractivity contribution in [2.75, 3.05) is 37.7 Å². The first-order valence-electron chi connectivity index (χ1n) is 10.9. The maximum Gasteiger partial charge on any atom is 0.281 e. The molecule has 0 spiro atoms. The first-order valence-corrected chi connectivity index (χ1v) is 10.9. The molecule has 11 heteroatoms. The summed E-state index contributed by atoms with van der Waals surface area (Å²) >= 11 is 0. The minimum Gasteiger partial charge on any atom is -0.386 e. The monoisotopic (exact) mass is 488 g/mol. The molecule has 0 radical (unpaired) electrons. The molecule has 0 N–H and O–H groups in total. The van der Waals surface area contributed by atoms with Crippen LogP contribution in [0.3, 0.4) is 0 Å². The lowest BCUT2D eigenvalue weighted by atomic mass is 10.0. The largest absolute Gasteiger partial charge is 0.386 e. The Morgan fingerprint density at radius 2 is 1.86 bits per heavy atom. The molecule has 1 aliphatic heterocycles. The van der Waals surface area contributed by atoms with Gasteiger partial charge in [-0.25, -0.2) is 32.5 Å². The van der Waals surface area contributed by atoms with Gasteiger partial charge in [0.15, 0.2) is 6.61 Å². The SMILES string of the molecule is C=N/C(=N\OCC(C)(F)F)N1CCN(c2ncnc3c(-c4ccc(C)c(F)c4)cc(F)cc23)CC1. The maximum absolute atomic E-state index is 14.6. The second-order valence-corrected chi connectivity index (χ2v) is 8.38. The van der Waals surface area contributed by atoms with Crippen molar-refractivity contribution in [2.24, 2.45) is 10.1 Å². The van der Waals surface area contributed by atoms with E-state index in [1.54, 1.807) is 24.0 Å². The highest BCUT2D eigenvalue weighted by molar-refractivity contribution is 5.99. The first-order chi connectivity index (χ1) is 16.7. The van der Waals surface area contributed by atoms with Gasteiger partial charge in [-0.05, 0) is 48.1 Å². The second-order valence-electron chi connectivity index (χ2n) is 8.38. The minimum absolute atomic E-state index is 0.108. The number of alkyl halides is 2. The van der Waals surface area contributed by atoms with E-state index >= 15 is 0 Å². The molecule has 0 aliphatic carbocycles. The summed E-state index contributed by atoms with van der Waals surface area (Å²) in [5, 5.41) is 4.18. The maximum atomic E-state index is 14.6. The summed E-state index contributed by atoms with van der Waals surface area (Å²) in [5.41, 5.74) is 1.98. The molecule has 4 rings (SSSR count). The van der Waals surface area contributed by atoms with Gasteiger partial charge in [-0.15, -0.1) is 0 Å². The van der Waals surface area contributed by atoms with Crippen molar-refractivity contribution in [1.29, 1.82) is 0 Å². The fourth-order valence-corrected chi connectivity index (χ4v) is 3.86. The number of fused-ring (bicyclic) bond motifs is 1. The Labute approximate surface area is 199 Å².